The molecule has 1 heterocycles. The van der Waals surface area contributed by atoms with E-state index >= 15 is 0 Å². The summed E-state index contributed by atoms with van der Waals surface area (Å²) in [4.78, 5) is 29.9. The number of oxime groups is 1. The Hall–Kier alpha value is -2.95. The fraction of sp³-hybridized carbons (Fsp3) is 0.167. The Morgan fingerprint density at radius 1 is 1.13 bits per heavy atom. The van der Waals surface area contributed by atoms with Gasteiger partial charge in [0.15, 0.2) is 5.71 Å². The van der Waals surface area contributed by atoms with Crippen molar-refractivity contribution in [3.05, 3.63) is 65.2 Å². The summed E-state index contributed by atoms with van der Waals surface area (Å²) in [6.45, 7) is 3.71. The number of nitrogens with zero attached hydrogens (tertiary/aromatic N) is 2. The molecule has 0 bridgehead atoms. The molecule has 2 aromatic rings. The fourth-order valence-corrected chi connectivity index (χ4v) is 2.49. The van der Waals surface area contributed by atoms with Gasteiger partial charge in [-0.25, -0.2) is 4.79 Å². The Bertz CT molecular complexity index is 794. The van der Waals surface area contributed by atoms with Crippen molar-refractivity contribution in [3.63, 3.8) is 0 Å². The van der Waals surface area contributed by atoms with Crippen molar-refractivity contribution in [2.75, 3.05) is 4.90 Å². The largest absolute Gasteiger partial charge is 0.332 e. The number of fused-ring (bicyclic) bond motifs is 1. The molecular formula is C18H16N2O3. The minimum Gasteiger partial charge on any atom is -0.318 e. The molecule has 0 aromatic heterocycles. The molecule has 0 spiro atoms. The van der Waals surface area contributed by atoms with Crippen LogP contribution in [0.4, 0.5) is 5.69 Å². The summed E-state index contributed by atoms with van der Waals surface area (Å²) in [6.07, 6.45) is 0. The molecule has 0 fully saturated rings. The average Bonchev–Trinajstić information content (AvgIpc) is 2.80. The van der Waals surface area contributed by atoms with Gasteiger partial charge in [-0.3, -0.25) is 4.79 Å². The molecule has 3 rings (SSSR count). The van der Waals surface area contributed by atoms with Gasteiger partial charge < -0.3 is 9.74 Å². The summed E-state index contributed by atoms with van der Waals surface area (Å²) < 4.78 is 0. The molecule has 0 N–H and O–H groups in total. The van der Waals surface area contributed by atoms with Crippen LogP contribution in [0.25, 0.3) is 0 Å². The van der Waals surface area contributed by atoms with Gasteiger partial charge in [-0.05, 0) is 18.6 Å². The van der Waals surface area contributed by atoms with E-state index in [0.29, 0.717) is 12.1 Å². The lowest BCUT2D eigenvalue weighted by atomic mass is 10.1. The summed E-state index contributed by atoms with van der Waals surface area (Å²) in [7, 11) is 0. The molecule has 0 saturated carbocycles. The zero-order chi connectivity index (χ0) is 16.4. The van der Waals surface area contributed by atoms with Crippen molar-refractivity contribution in [1.29, 1.82) is 0 Å². The van der Waals surface area contributed by atoms with Crippen molar-refractivity contribution < 1.29 is 14.4 Å². The lowest BCUT2D eigenvalue weighted by Crippen LogP contribution is -2.29. The molecular weight excluding hydrogens is 292 g/mol. The summed E-state index contributed by atoms with van der Waals surface area (Å²) in [5.41, 5.74) is 3.78. The Balaban J connectivity index is 1.95. The number of hydrogen-bond donors (Lipinski definition) is 0. The molecule has 5 nitrogen and oxygen atoms in total. The van der Waals surface area contributed by atoms with Crippen LogP contribution in [0.5, 0.6) is 0 Å². The van der Waals surface area contributed by atoms with E-state index in [4.69, 9.17) is 0 Å². The maximum atomic E-state index is 12.7. The highest BCUT2D eigenvalue weighted by Crippen LogP contribution is 2.30. The van der Waals surface area contributed by atoms with Gasteiger partial charge in [0.25, 0.3) is 5.91 Å². The number of hydrogen-bond acceptors (Lipinski definition) is 4. The van der Waals surface area contributed by atoms with E-state index in [2.05, 4.69) is 9.99 Å². The average molecular weight is 308 g/mol. The van der Waals surface area contributed by atoms with Gasteiger partial charge in [-0.15, -0.1) is 0 Å². The van der Waals surface area contributed by atoms with Crippen LogP contribution in [-0.4, -0.2) is 17.6 Å². The quantitative estimate of drug-likeness (QED) is 0.647. The first-order valence-corrected chi connectivity index (χ1v) is 7.28. The van der Waals surface area contributed by atoms with Crippen LogP contribution in [-0.2, 0) is 21.0 Å². The first kappa shape index (κ1) is 15.0. The first-order valence-electron chi connectivity index (χ1n) is 7.28. The summed E-state index contributed by atoms with van der Waals surface area (Å²) in [6, 6.07) is 15.3. The molecule has 0 radical (unpaired) electrons. The van der Waals surface area contributed by atoms with E-state index in [1.165, 1.54) is 12.5 Å². The van der Waals surface area contributed by atoms with Gasteiger partial charge in [-0.1, -0.05) is 53.2 Å². The smallest absolute Gasteiger partial charge is 0.318 e. The molecule has 0 aliphatic carbocycles. The number of para-hydroxylation sites is 1. The van der Waals surface area contributed by atoms with E-state index in [1.807, 2.05) is 49.4 Å². The molecule has 0 atom stereocenters. The number of anilines is 1. The summed E-state index contributed by atoms with van der Waals surface area (Å²) in [5, 5.41) is 3.73. The third kappa shape index (κ3) is 2.99. The number of rotatable bonds is 3. The number of carbonyl (C=O) groups excluding carboxylic acids is 2. The molecule has 1 aliphatic heterocycles. The highest BCUT2D eigenvalue weighted by molar-refractivity contribution is 6.54. The van der Waals surface area contributed by atoms with Gasteiger partial charge in [-0.2, -0.15) is 0 Å². The molecule has 2 aromatic carbocycles. The Kier molecular flexibility index (Phi) is 3.93. The molecule has 5 heteroatoms. The molecule has 23 heavy (non-hydrogen) atoms. The Morgan fingerprint density at radius 3 is 2.52 bits per heavy atom. The maximum absolute atomic E-state index is 12.7. The van der Waals surface area contributed by atoms with Crippen LogP contribution in [0.2, 0.25) is 0 Å². The van der Waals surface area contributed by atoms with Gasteiger partial charge in [0.05, 0.1) is 12.2 Å². The van der Waals surface area contributed by atoms with Crippen LogP contribution in [0.3, 0.4) is 0 Å². The van der Waals surface area contributed by atoms with E-state index in [9.17, 15) is 9.59 Å². The van der Waals surface area contributed by atoms with Crippen LogP contribution in [0, 0.1) is 6.92 Å². The summed E-state index contributed by atoms with van der Waals surface area (Å²) in [5.74, 6) is -0.826. The van der Waals surface area contributed by atoms with Gasteiger partial charge in [0.1, 0.15) is 0 Å². The van der Waals surface area contributed by atoms with Crippen molar-refractivity contribution in [3.8, 4) is 0 Å². The van der Waals surface area contributed by atoms with Gasteiger partial charge >= 0.3 is 5.97 Å². The standard InChI is InChI=1S/C18H16N2O3/c1-12-7-9-14(10-8-12)11-20-16-6-4-3-5-15(16)17(18(20)22)19-23-13(2)21/h3-10H,11H2,1-2H3/b19-17+. The fourth-order valence-electron chi connectivity index (χ4n) is 2.49. The zero-order valence-corrected chi connectivity index (χ0v) is 12.9. The SMILES string of the molecule is CC(=O)O/N=C1/C(=O)N(Cc2ccc(C)cc2)c2ccccc21. The number of benzene rings is 2. The highest BCUT2D eigenvalue weighted by atomic mass is 16.7. The second kappa shape index (κ2) is 6.04. The monoisotopic (exact) mass is 308 g/mol. The molecule has 0 unspecified atom stereocenters. The van der Waals surface area contributed by atoms with Crippen LogP contribution in [0.1, 0.15) is 23.6 Å². The van der Waals surface area contributed by atoms with Crippen LogP contribution < -0.4 is 4.90 Å². The highest BCUT2D eigenvalue weighted by Gasteiger charge is 2.34. The van der Waals surface area contributed by atoms with Crippen molar-refractivity contribution >= 4 is 23.3 Å². The summed E-state index contributed by atoms with van der Waals surface area (Å²) >= 11 is 0. The Morgan fingerprint density at radius 2 is 1.83 bits per heavy atom. The third-order valence-electron chi connectivity index (χ3n) is 3.62. The third-order valence-corrected chi connectivity index (χ3v) is 3.62. The lowest BCUT2D eigenvalue weighted by molar-refractivity contribution is -0.140. The normalized spacial score (nSPS) is 15.0. The molecule has 1 amide bonds. The van der Waals surface area contributed by atoms with E-state index < -0.39 is 5.97 Å². The molecule has 116 valence electrons. The molecule has 0 saturated heterocycles. The topological polar surface area (TPSA) is 59.0 Å². The van der Waals surface area contributed by atoms with Crippen LogP contribution in [0.15, 0.2) is 53.7 Å². The van der Waals surface area contributed by atoms with Crippen LogP contribution >= 0.6 is 0 Å². The number of carbonyl (C=O) groups is 2. The number of amides is 1. The van der Waals surface area contributed by atoms with Crippen molar-refractivity contribution in [2.24, 2.45) is 5.16 Å². The predicted octanol–water partition coefficient (Wildman–Crippen LogP) is 2.81. The van der Waals surface area contributed by atoms with Crippen molar-refractivity contribution in [2.45, 2.75) is 20.4 Å². The van der Waals surface area contributed by atoms with Gasteiger partial charge in [0, 0.05) is 12.5 Å². The van der Waals surface area contributed by atoms with E-state index in [-0.39, 0.29) is 11.6 Å². The lowest BCUT2D eigenvalue weighted by Gasteiger charge is -2.16. The maximum Gasteiger partial charge on any atom is 0.332 e. The van der Waals surface area contributed by atoms with Gasteiger partial charge in [0.2, 0.25) is 0 Å². The van der Waals surface area contributed by atoms with E-state index in [1.54, 1.807) is 11.0 Å². The van der Waals surface area contributed by atoms with E-state index in [0.717, 1.165) is 11.3 Å². The second-order valence-electron chi connectivity index (χ2n) is 5.42. The van der Waals surface area contributed by atoms with Crippen molar-refractivity contribution in [1.82, 2.24) is 0 Å². The zero-order valence-electron chi connectivity index (χ0n) is 12.9. The minimum absolute atomic E-state index is 0.155. The second-order valence-corrected chi connectivity index (χ2v) is 5.42. The first-order chi connectivity index (χ1) is 11.1. The Labute approximate surface area is 134 Å². The predicted molar refractivity (Wildman–Crippen MR) is 87.1 cm³/mol. The minimum atomic E-state index is -0.556. The molecule has 1 aliphatic rings. The number of aryl methyl sites for hydroxylation is 1.